The number of carbonyl (C=O) groups excluding carboxylic acids is 1. The highest BCUT2D eigenvalue weighted by Crippen LogP contribution is 2.20. The number of hydrogen-bond donors (Lipinski definition) is 1. The Morgan fingerprint density at radius 3 is 2.63 bits per heavy atom. The summed E-state index contributed by atoms with van der Waals surface area (Å²) >= 11 is 0. The average Bonchev–Trinajstić information content (AvgIpc) is 3.29. The summed E-state index contributed by atoms with van der Waals surface area (Å²) in [5.74, 6) is 1.75. The SMILES string of the molecule is CN(C)c1nc(CNC(=O)c2cc(-c3ccccc3)on2)nc(N2CCOCC2)n1. The van der Waals surface area contributed by atoms with Crippen molar-refractivity contribution < 1.29 is 14.1 Å². The van der Waals surface area contributed by atoms with E-state index in [0.717, 1.165) is 5.56 Å². The minimum Gasteiger partial charge on any atom is -0.378 e. The number of aromatic nitrogens is 4. The lowest BCUT2D eigenvalue weighted by molar-refractivity contribution is 0.0941. The molecule has 0 atom stereocenters. The Kier molecular flexibility index (Phi) is 5.84. The summed E-state index contributed by atoms with van der Waals surface area (Å²) < 4.78 is 10.7. The van der Waals surface area contributed by atoms with Gasteiger partial charge in [0.05, 0.1) is 19.8 Å². The fourth-order valence-electron chi connectivity index (χ4n) is 2.95. The van der Waals surface area contributed by atoms with Crippen LogP contribution in [0.15, 0.2) is 40.9 Å². The summed E-state index contributed by atoms with van der Waals surface area (Å²) in [6.07, 6.45) is 0. The summed E-state index contributed by atoms with van der Waals surface area (Å²) in [4.78, 5) is 29.8. The fraction of sp³-hybridized carbons (Fsp3) is 0.350. The van der Waals surface area contributed by atoms with E-state index in [1.54, 1.807) is 11.0 Å². The van der Waals surface area contributed by atoms with Crippen LogP contribution in [0.2, 0.25) is 0 Å². The maximum atomic E-state index is 12.5. The molecule has 10 nitrogen and oxygen atoms in total. The summed E-state index contributed by atoms with van der Waals surface area (Å²) in [5, 5.41) is 6.67. The Morgan fingerprint density at radius 1 is 1.13 bits per heavy atom. The second kappa shape index (κ2) is 8.87. The van der Waals surface area contributed by atoms with Crippen molar-refractivity contribution in [2.75, 3.05) is 50.2 Å². The van der Waals surface area contributed by atoms with Crippen molar-refractivity contribution in [2.24, 2.45) is 0 Å². The van der Waals surface area contributed by atoms with Gasteiger partial charge in [0.25, 0.3) is 5.91 Å². The molecule has 4 rings (SSSR count). The molecule has 1 amide bonds. The van der Waals surface area contributed by atoms with E-state index in [1.165, 1.54) is 0 Å². The Bertz CT molecular complexity index is 1000. The molecule has 10 heteroatoms. The lowest BCUT2D eigenvalue weighted by Gasteiger charge is -2.27. The number of anilines is 2. The van der Waals surface area contributed by atoms with Crippen LogP contribution in [0.1, 0.15) is 16.3 Å². The molecule has 0 saturated carbocycles. The third-order valence-corrected chi connectivity index (χ3v) is 4.56. The van der Waals surface area contributed by atoms with Gasteiger partial charge in [-0.05, 0) is 0 Å². The van der Waals surface area contributed by atoms with Crippen molar-refractivity contribution in [2.45, 2.75) is 6.54 Å². The van der Waals surface area contributed by atoms with Gasteiger partial charge in [-0.15, -0.1) is 0 Å². The number of hydrogen-bond acceptors (Lipinski definition) is 9. The highest BCUT2D eigenvalue weighted by molar-refractivity contribution is 5.93. The van der Waals surface area contributed by atoms with E-state index in [1.807, 2.05) is 49.3 Å². The number of nitrogens with one attached hydrogen (secondary N) is 1. The molecule has 0 radical (unpaired) electrons. The normalized spacial score (nSPS) is 13.9. The molecule has 1 N–H and O–H groups in total. The highest BCUT2D eigenvalue weighted by Gasteiger charge is 2.18. The van der Waals surface area contributed by atoms with Gasteiger partial charge in [0.15, 0.2) is 17.3 Å². The first kappa shape index (κ1) is 19.8. The second-order valence-electron chi connectivity index (χ2n) is 6.97. The van der Waals surface area contributed by atoms with Gasteiger partial charge in [-0.2, -0.15) is 15.0 Å². The molecule has 0 bridgehead atoms. The third kappa shape index (κ3) is 4.54. The summed E-state index contributed by atoms with van der Waals surface area (Å²) in [6.45, 7) is 2.83. The van der Waals surface area contributed by atoms with Crippen molar-refractivity contribution in [3.05, 3.63) is 47.9 Å². The van der Waals surface area contributed by atoms with E-state index in [0.29, 0.717) is 49.8 Å². The Hall–Kier alpha value is -3.53. The van der Waals surface area contributed by atoms with Crippen LogP contribution in [0.5, 0.6) is 0 Å². The number of benzene rings is 1. The van der Waals surface area contributed by atoms with Crippen molar-refractivity contribution >= 4 is 17.8 Å². The van der Waals surface area contributed by atoms with Gasteiger partial charge in [-0.25, -0.2) is 0 Å². The van der Waals surface area contributed by atoms with Crippen LogP contribution in [0.3, 0.4) is 0 Å². The van der Waals surface area contributed by atoms with Crippen LogP contribution in [0.4, 0.5) is 11.9 Å². The van der Waals surface area contributed by atoms with E-state index in [4.69, 9.17) is 9.26 Å². The summed E-state index contributed by atoms with van der Waals surface area (Å²) in [7, 11) is 3.72. The Morgan fingerprint density at radius 2 is 1.90 bits per heavy atom. The van der Waals surface area contributed by atoms with Crippen LogP contribution in [0, 0.1) is 0 Å². The molecule has 0 spiro atoms. The molecular formula is C20H23N7O3. The molecule has 0 aliphatic carbocycles. The molecule has 1 aliphatic heterocycles. The molecule has 1 aliphatic rings. The Labute approximate surface area is 173 Å². The first-order chi connectivity index (χ1) is 14.6. The minimum absolute atomic E-state index is 0.146. The fourth-order valence-corrected chi connectivity index (χ4v) is 2.95. The van der Waals surface area contributed by atoms with Crippen molar-refractivity contribution in [1.29, 1.82) is 0 Å². The van der Waals surface area contributed by atoms with Crippen LogP contribution in [0.25, 0.3) is 11.3 Å². The quantitative estimate of drug-likeness (QED) is 0.645. The van der Waals surface area contributed by atoms with E-state index >= 15 is 0 Å². The zero-order chi connectivity index (χ0) is 20.9. The monoisotopic (exact) mass is 409 g/mol. The lowest BCUT2D eigenvalue weighted by Crippen LogP contribution is -2.38. The van der Waals surface area contributed by atoms with Gasteiger partial charge in [0.1, 0.15) is 0 Å². The van der Waals surface area contributed by atoms with Gasteiger partial charge in [-0.1, -0.05) is 35.5 Å². The standard InChI is InChI=1S/C20H23N7O3/c1-26(2)19-22-17(23-20(24-19)27-8-10-29-11-9-27)13-21-18(28)15-12-16(30-25-15)14-6-4-3-5-7-14/h3-7,12H,8-11,13H2,1-2H3,(H,21,28). The number of nitrogens with zero attached hydrogens (tertiary/aromatic N) is 6. The molecule has 30 heavy (non-hydrogen) atoms. The number of morpholine rings is 1. The number of amides is 1. The third-order valence-electron chi connectivity index (χ3n) is 4.56. The average molecular weight is 409 g/mol. The van der Waals surface area contributed by atoms with E-state index < -0.39 is 0 Å². The van der Waals surface area contributed by atoms with Crippen LogP contribution in [-0.4, -0.2) is 66.4 Å². The smallest absolute Gasteiger partial charge is 0.273 e. The molecule has 1 aromatic carbocycles. The summed E-state index contributed by atoms with van der Waals surface area (Å²) in [5.41, 5.74) is 1.05. The van der Waals surface area contributed by atoms with Crippen molar-refractivity contribution in [3.63, 3.8) is 0 Å². The van der Waals surface area contributed by atoms with E-state index in [2.05, 4.69) is 25.4 Å². The van der Waals surface area contributed by atoms with Crippen LogP contribution < -0.4 is 15.1 Å². The molecule has 2 aromatic heterocycles. The molecule has 0 unspecified atom stereocenters. The van der Waals surface area contributed by atoms with Crippen molar-refractivity contribution in [3.8, 4) is 11.3 Å². The minimum atomic E-state index is -0.360. The molecule has 3 heterocycles. The van der Waals surface area contributed by atoms with Gasteiger partial charge in [-0.3, -0.25) is 4.79 Å². The van der Waals surface area contributed by atoms with Gasteiger partial charge in [0.2, 0.25) is 11.9 Å². The zero-order valence-electron chi connectivity index (χ0n) is 16.9. The topological polar surface area (TPSA) is 110 Å². The Balaban J connectivity index is 1.47. The summed E-state index contributed by atoms with van der Waals surface area (Å²) in [6, 6.07) is 11.1. The molecule has 1 fully saturated rings. The molecule has 156 valence electrons. The van der Waals surface area contributed by atoms with Crippen LogP contribution >= 0.6 is 0 Å². The van der Waals surface area contributed by atoms with E-state index in [-0.39, 0.29) is 18.1 Å². The maximum Gasteiger partial charge on any atom is 0.273 e. The largest absolute Gasteiger partial charge is 0.378 e. The first-order valence-corrected chi connectivity index (χ1v) is 9.65. The first-order valence-electron chi connectivity index (χ1n) is 9.65. The maximum absolute atomic E-state index is 12.5. The number of carbonyl (C=O) groups is 1. The van der Waals surface area contributed by atoms with E-state index in [9.17, 15) is 4.79 Å². The highest BCUT2D eigenvalue weighted by atomic mass is 16.5. The predicted molar refractivity (Wildman–Crippen MR) is 110 cm³/mol. The van der Waals surface area contributed by atoms with Gasteiger partial charge in [0, 0.05) is 38.8 Å². The van der Waals surface area contributed by atoms with Crippen molar-refractivity contribution in [1.82, 2.24) is 25.4 Å². The lowest BCUT2D eigenvalue weighted by atomic mass is 10.1. The molecule has 3 aromatic rings. The predicted octanol–water partition coefficient (Wildman–Crippen LogP) is 1.36. The second-order valence-corrected chi connectivity index (χ2v) is 6.97. The molecule has 1 saturated heterocycles. The zero-order valence-corrected chi connectivity index (χ0v) is 16.9. The van der Waals surface area contributed by atoms with Gasteiger partial charge < -0.3 is 24.4 Å². The van der Waals surface area contributed by atoms with Gasteiger partial charge >= 0.3 is 0 Å². The number of ether oxygens (including phenoxy) is 1. The number of rotatable bonds is 6. The molecular weight excluding hydrogens is 386 g/mol. The van der Waals surface area contributed by atoms with Crippen LogP contribution in [-0.2, 0) is 11.3 Å².